The summed E-state index contributed by atoms with van der Waals surface area (Å²) in [6.45, 7) is 41.3. The molecule has 0 aliphatic heterocycles. The van der Waals surface area contributed by atoms with Crippen LogP contribution in [0.3, 0.4) is 0 Å². The molecule has 0 radical (unpaired) electrons. The largest absolute Gasteiger partial charge is 4.00 e. The van der Waals surface area contributed by atoms with Gasteiger partial charge in [-0.3, -0.25) is 0 Å². The fourth-order valence-corrected chi connectivity index (χ4v) is 27.2. The Kier molecular flexibility index (Phi) is 29.1. The summed E-state index contributed by atoms with van der Waals surface area (Å²) < 4.78 is 14.5. The van der Waals surface area contributed by atoms with Crippen LogP contribution in [-0.2, 0) is 5.48 Å². The van der Waals surface area contributed by atoms with Gasteiger partial charge in [-0.1, -0.05) is 167 Å². The van der Waals surface area contributed by atoms with Gasteiger partial charge in [-0.2, -0.15) is 0 Å². The van der Waals surface area contributed by atoms with Crippen molar-refractivity contribution in [2.45, 2.75) is 118 Å². The molecule has 0 N–H and O–H groups in total. The summed E-state index contributed by atoms with van der Waals surface area (Å²) in [5, 5.41) is 0. The van der Waals surface area contributed by atoms with E-state index in [1.54, 1.807) is 0 Å². The summed E-state index contributed by atoms with van der Waals surface area (Å²) in [4.78, 5) is 0. The molecular formula is C18H54CeKN3OSi6. The molecule has 4 nitrogen and oxygen atoms in total. The van der Waals surface area contributed by atoms with Crippen molar-refractivity contribution in [1.29, 1.82) is 0 Å². The van der Waals surface area contributed by atoms with Gasteiger partial charge < -0.3 is 19.4 Å². The topological polar surface area (TPSA) is 70.8 Å². The van der Waals surface area contributed by atoms with E-state index in [1.807, 2.05) is 0 Å². The van der Waals surface area contributed by atoms with Gasteiger partial charge in [-0.25, -0.2) is 0 Å². The summed E-state index contributed by atoms with van der Waals surface area (Å²) in [5.74, 6) is 0. The zero-order valence-corrected chi connectivity index (χ0v) is 36.5. The first-order chi connectivity index (χ1) is 11.1. The number of nitrogens with zero attached hydrogens (tertiary/aromatic N) is 3. The molecule has 0 aromatic rings. The normalized spacial score (nSPS) is 12.6. The van der Waals surface area contributed by atoms with Gasteiger partial charge in [0.25, 0.3) is 0 Å². The van der Waals surface area contributed by atoms with Crippen LogP contribution in [0.4, 0.5) is 0 Å². The zero-order chi connectivity index (χ0) is 23.1. The van der Waals surface area contributed by atoms with Gasteiger partial charge in [-0.05, 0) is 0 Å². The van der Waals surface area contributed by atoms with Gasteiger partial charge in [0.05, 0.1) is 0 Å². The van der Waals surface area contributed by atoms with Crippen LogP contribution in [0.1, 0.15) is 0 Å². The van der Waals surface area contributed by atoms with Gasteiger partial charge in [0, 0.05) is 0 Å². The molecule has 0 fully saturated rings. The second-order valence-electron chi connectivity index (χ2n) is 13.4. The molecule has 0 saturated heterocycles. The van der Waals surface area contributed by atoms with E-state index >= 15 is 0 Å². The molecule has 0 aromatic carbocycles. The first kappa shape index (κ1) is 47.4. The average Bonchev–Trinajstić information content (AvgIpc) is 1.96. The Labute approximate surface area is 275 Å². The van der Waals surface area contributed by atoms with Crippen molar-refractivity contribution < 1.29 is 98.6 Å². The molecule has 0 unspecified atom stereocenters. The molecular weight excluding hydrogens is 622 g/mol. The molecule has 0 rings (SSSR count). The van der Waals surface area contributed by atoms with Crippen LogP contribution >= 0.6 is 0 Å². The summed E-state index contributed by atoms with van der Waals surface area (Å²) >= 11 is 0. The van der Waals surface area contributed by atoms with E-state index in [0.717, 1.165) is 0 Å². The predicted molar refractivity (Wildman–Crippen MR) is 151 cm³/mol. The molecule has 30 heavy (non-hydrogen) atoms. The van der Waals surface area contributed by atoms with Gasteiger partial charge in [0.2, 0.25) is 0 Å². The monoisotopic (exact) mass is 675 g/mol. The van der Waals surface area contributed by atoms with Crippen molar-refractivity contribution >= 4 is 49.4 Å². The maximum Gasteiger partial charge on any atom is 4.00 e. The zero-order valence-electron chi connectivity index (χ0n) is 24.2. The van der Waals surface area contributed by atoms with Crippen LogP contribution in [0.2, 0.25) is 118 Å². The van der Waals surface area contributed by atoms with E-state index in [4.69, 9.17) is 13.9 Å². The first-order valence-electron chi connectivity index (χ1n) is 10.3. The summed E-state index contributed by atoms with van der Waals surface area (Å²) in [5.41, 5.74) is 0. The minimum atomic E-state index is -1.11. The molecule has 0 saturated carbocycles. The number of rotatable bonds is 6. The minimum absolute atomic E-state index is 0. The maximum absolute atomic E-state index is 4.82. The van der Waals surface area contributed by atoms with Gasteiger partial charge in [-0.15, -0.1) is 0 Å². The Hall–Kier alpha value is 4.15. The van der Waals surface area contributed by atoms with Crippen molar-refractivity contribution in [3.63, 3.8) is 0 Å². The molecule has 0 amide bonds. The Morgan fingerprint density at radius 3 is 0.367 bits per heavy atom. The SMILES string of the molecule is C[Si](C)(C)[N-][Si](C)(C)C.C[Si](C)(C)[N-][Si](C)(C)C.C[Si](C)(C)[N-][Si](C)(C)C.[Ce+4].[K+].[O-2]. The Bertz CT molecular complexity index is 309. The molecule has 0 aromatic heterocycles. The van der Waals surface area contributed by atoms with Crippen molar-refractivity contribution in [3.05, 3.63) is 13.9 Å². The predicted octanol–water partition coefficient (Wildman–Crippen LogP) is 5.97. The van der Waals surface area contributed by atoms with Crippen molar-refractivity contribution in [1.82, 2.24) is 0 Å². The quantitative estimate of drug-likeness (QED) is 0.311. The molecule has 0 atom stereocenters. The Balaban J connectivity index is -0.0000000686. The fraction of sp³-hybridized carbons (Fsp3) is 1.00. The van der Waals surface area contributed by atoms with Crippen molar-refractivity contribution in [2.75, 3.05) is 0 Å². The van der Waals surface area contributed by atoms with Crippen LogP contribution in [0.25, 0.3) is 13.9 Å². The van der Waals surface area contributed by atoms with Crippen molar-refractivity contribution in [2.24, 2.45) is 0 Å². The minimum Gasteiger partial charge on any atom is -2.00 e. The fourth-order valence-electron chi connectivity index (χ4n) is 3.02. The van der Waals surface area contributed by atoms with Crippen LogP contribution in [-0.4, -0.2) is 49.4 Å². The van der Waals surface area contributed by atoms with E-state index in [2.05, 4.69) is 118 Å². The van der Waals surface area contributed by atoms with E-state index in [-0.39, 0.29) is 98.6 Å². The van der Waals surface area contributed by atoms with Gasteiger partial charge in [0.15, 0.2) is 0 Å². The Morgan fingerprint density at radius 2 is 0.367 bits per heavy atom. The summed E-state index contributed by atoms with van der Waals surface area (Å²) in [7, 11) is -6.64. The Morgan fingerprint density at radius 1 is 0.300 bits per heavy atom. The van der Waals surface area contributed by atoms with E-state index in [9.17, 15) is 0 Å². The van der Waals surface area contributed by atoms with E-state index in [1.165, 1.54) is 0 Å². The van der Waals surface area contributed by atoms with E-state index in [0.29, 0.717) is 0 Å². The molecule has 0 aliphatic rings. The van der Waals surface area contributed by atoms with Crippen molar-refractivity contribution in [3.8, 4) is 0 Å². The first-order valence-corrected chi connectivity index (χ1v) is 31.0. The second-order valence-corrected chi connectivity index (χ2v) is 42.1. The maximum atomic E-state index is 4.82. The van der Waals surface area contributed by atoms with Crippen LogP contribution in [0.15, 0.2) is 0 Å². The average molecular weight is 676 g/mol. The summed E-state index contributed by atoms with van der Waals surface area (Å²) in [6, 6.07) is 0. The van der Waals surface area contributed by atoms with Crippen LogP contribution in [0.5, 0.6) is 0 Å². The number of hydrogen-bond donors (Lipinski definition) is 0. The third-order valence-electron chi connectivity index (χ3n) is 2.01. The van der Waals surface area contributed by atoms with Crippen LogP contribution in [0, 0.1) is 41.7 Å². The van der Waals surface area contributed by atoms with Crippen LogP contribution < -0.4 is 51.4 Å². The second kappa shape index (κ2) is 18.4. The van der Waals surface area contributed by atoms with Gasteiger partial charge >= 0.3 is 93.1 Å². The third kappa shape index (κ3) is 63.6. The van der Waals surface area contributed by atoms with E-state index < -0.39 is 49.4 Å². The third-order valence-corrected chi connectivity index (χ3v) is 18.1. The standard InChI is InChI=1S/3C6H18NSi2.Ce.K.O/c3*1-8(2,3)7-9(4,5)6;;;/h3*1-6H3;;;/q3*-1;+4;+1;-2. The molecule has 0 spiro atoms. The molecule has 0 bridgehead atoms. The number of hydrogen-bond acceptors (Lipinski definition) is 0. The molecule has 0 aliphatic carbocycles. The smallest absolute Gasteiger partial charge is 2.00 e. The van der Waals surface area contributed by atoms with Gasteiger partial charge in [0.1, 0.15) is 0 Å². The molecule has 12 heteroatoms. The molecule has 176 valence electrons. The summed E-state index contributed by atoms with van der Waals surface area (Å²) in [6.07, 6.45) is 0. The molecule has 0 heterocycles.